The molecular weight excluding hydrogens is 294 g/mol. The molecule has 0 saturated heterocycles. The summed E-state index contributed by atoms with van der Waals surface area (Å²) in [7, 11) is 2.21. The number of nitrogens with zero attached hydrogens (tertiary/aromatic N) is 1. The van der Waals surface area contributed by atoms with Crippen LogP contribution in [0.2, 0.25) is 0 Å². The van der Waals surface area contributed by atoms with E-state index in [4.69, 9.17) is 5.73 Å². The number of hydrogen-bond donors (Lipinski definition) is 2. The summed E-state index contributed by atoms with van der Waals surface area (Å²) in [6.07, 6.45) is 2.24. The average molecular weight is 317 g/mol. The molecule has 3 nitrogen and oxygen atoms in total. The van der Waals surface area contributed by atoms with Crippen molar-refractivity contribution in [3.8, 4) is 0 Å². The van der Waals surface area contributed by atoms with Crippen LogP contribution in [0.3, 0.4) is 0 Å². The summed E-state index contributed by atoms with van der Waals surface area (Å²) in [6.45, 7) is 2.06. The number of nitrogens with one attached hydrogen (secondary N) is 1. The summed E-state index contributed by atoms with van der Waals surface area (Å²) in [6, 6.07) is 17.8. The summed E-state index contributed by atoms with van der Waals surface area (Å²) in [5, 5.41) is 1.29. The fourth-order valence-electron chi connectivity index (χ4n) is 4.13. The molecule has 1 unspecified atom stereocenters. The largest absolute Gasteiger partial charge is 0.358 e. The standard InChI is InChI=1S/C21H23N3/c1-24-12-15-10-16(21(22)8-9-21)6-7-17(15)18(13-24)20-11-14-4-2-3-5-19(14)23-20/h2-7,10-11,18,23H,8-9,12-13,22H2,1H3. The molecular formula is C21H23N3. The zero-order valence-electron chi connectivity index (χ0n) is 14.0. The minimum Gasteiger partial charge on any atom is -0.358 e. The van der Waals surface area contributed by atoms with Crippen molar-refractivity contribution in [2.75, 3.05) is 13.6 Å². The second-order valence-corrected chi connectivity index (χ2v) is 7.63. The molecule has 24 heavy (non-hydrogen) atoms. The highest BCUT2D eigenvalue weighted by molar-refractivity contribution is 5.80. The highest BCUT2D eigenvalue weighted by atomic mass is 15.1. The van der Waals surface area contributed by atoms with Gasteiger partial charge in [-0.2, -0.15) is 0 Å². The summed E-state index contributed by atoms with van der Waals surface area (Å²) >= 11 is 0. The van der Waals surface area contributed by atoms with Gasteiger partial charge in [0.15, 0.2) is 0 Å². The minimum absolute atomic E-state index is 0.0539. The number of likely N-dealkylation sites (N-methyl/N-ethyl adjacent to an activating group) is 1. The number of fused-ring (bicyclic) bond motifs is 2. The van der Waals surface area contributed by atoms with Gasteiger partial charge in [-0.25, -0.2) is 0 Å². The van der Waals surface area contributed by atoms with E-state index in [-0.39, 0.29) is 5.54 Å². The molecule has 1 aliphatic carbocycles. The molecule has 1 aromatic heterocycles. The number of hydrogen-bond acceptors (Lipinski definition) is 2. The van der Waals surface area contributed by atoms with Crippen molar-refractivity contribution < 1.29 is 0 Å². The molecule has 2 aliphatic rings. The SMILES string of the molecule is CN1Cc2cc(C3(N)CC3)ccc2C(c2cc3ccccc3[nH]2)C1. The first-order valence-corrected chi connectivity index (χ1v) is 8.81. The van der Waals surface area contributed by atoms with E-state index in [9.17, 15) is 0 Å². The molecule has 1 aliphatic heterocycles. The first-order chi connectivity index (χ1) is 11.6. The Bertz CT molecular complexity index is 887. The van der Waals surface area contributed by atoms with Crippen molar-refractivity contribution in [2.24, 2.45) is 5.73 Å². The third-order valence-electron chi connectivity index (χ3n) is 5.74. The van der Waals surface area contributed by atoms with Gasteiger partial charge >= 0.3 is 0 Å². The van der Waals surface area contributed by atoms with Crippen molar-refractivity contribution in [3.05, 3.63) is 70.9 Å². The molecule has 0 amide bonds. The van der Waals surface area contributed by atoms with Crippen LogP contribution in [-0.4, -0.2) is 23.5 Å². The highest BCUT2D eigenvalue weighted by Gasteiger charge is 2.40. The van der Waals surface area contributed by atoms with E-state index < -0.39 is 0 Å². The normalized spacial score (nSPS) is 22.5. The maximum Gasteiger partial charge on any atom is 0.0456 e. The lowest BCUT2D eigenvalue weighted by Crippen LogP contribution is -2.31. The molecule has 0 bridgehead atoms. The molecule has 3 N–H and O–H groups in total. The zero-order chi connectivity index (χ0) is 16.3. The topological polar surface area (TPSA) is 45.0 Å². The lowest BCUT2D eigenvalue weighted by molar-refractivity contribution is 0.293. The maximum atomic E-state index is 6.41. The molecule has 1 saturated carbocycles. The number of rotatable bonds is 2. The minimum atomic E-state index is -0.0539. The molecule has 3 aromatic rings. The van der Waals surface area contributed by atoms with Crippen LogP contribution >= 0.6 is 0 Å². The molecule has 3 heteroatoms. The van der Waals surface area contributed by atoms with E-state index in [0.29, 0.717) is 5.92 Å². The molecule has 5 rings (SSSR count). The number of aromatic amines is 1. The van der Waals surface area contributed by atoms with E-state index >= 15 is 0 Å². The lowest BCUT2D eigenvalue weighted by Gasteiger charge is -2.32. The van der Waals surface area contributed by atoms with Crippen LogP contribution in [0.5, 0.6) is 0 Å². The molecule has 0 radical (unpaired) electrons. The second-order valence-electron chi connectivity index (χ2n) is 7.63. The van der Waals surface area contributed by atoms with Crippen molar-refractivity contribution in [1.29, 1.82) is 0 Å². The van der Waals surface area contributed by atoms with Crippen LogP contribution < -0.4 is 5.73 Å². The average Bonchev–Trinajstić information content (AvgIpc) is 3.19. The predicted molar refractivity (Wildman–Crippen MR) is 98.0 cm³/mol. The first kappa shape index (κ1) is 14.3. The Morgan fingerprint density at radius 1 is 1.12 bits per heavy atom. The van der Waals surface area contributed by atoms with Gasteiger partial charge in [-0.3, -0.25) is 0 Å². The summed E-state index contributed by atoms with van der Waals surface area (Å²) in [4.78, 5) is 6.05. The fraction of sp³-hybridized carbons (Fsp3) is 0.333. The molecule has 2 aromatic carbocycles. The Balaban J connectivity index is 1.60. The monoisotopic (exact) mass is 317 g/mol. The van der Waals surface area contributed by atoms with Gasteiger partial charge in [0.1, 0.15) is 0 Å². The zero-order valence-corrected chi connectivity index (χ0v) is 14.0. The van der Waals surface area contributed by atoms with Gasteiger partial charge in [0.2, 0.25) is 0 Å². The van der Waals surface area contributed by atoms with E-state index in [1.807, 2.05) is 0 Å². The first-order valence-electron chi connectivity index (χ1n) is 8.81. The Morgan fingerprint density at radius 2 is 1.96 bits per heavy atom. The van der Waals surface area contributed by atoms with Crippen LogP contribution in [-0.2, 0) is 12.1 Å². The third-order valence-corrected chi connectivity index (χ3v) is 5.74. The maximum absolute atomic E-state index is 6.41. The molecule has 0 spiro atoms. The third kappa shape index (κ3) is 2.20. The van der Waals surface area contributed by atoms with Gasteiger partial charge in [0.05, 0.1) is 0 Å². The number of H-pyrrole nitrogens is 1. The summed E-state index contributed by atoms with van der Waals surface area (Å²) in [5.41, 5.74) is 13.1. The van der Waals surface area contributed by atoms with Crippen LogP contribution in [0.15, 0.2) is 48.5 Å². The quantitative estimate of drug-likeness (QED) is 0.757. The highest BCUT2D eigenvalue weighted by Crippen LogP contribution is 2.44. The van der Waals surface area contributed by atoms with Crippen molar-refractivity contribution in [1.82, 2.24) is 9.88 Å². The van der Waals surface area contributed by atoms with Gasteiger partial charge in [-0.1, -0.05) is 36.4 Å². The van der Waals surface area contributed by atoms with Crippen LogP contribution in [0.25, 0.3) is 10.9 Å². The number of aromatic nitrogens is 1. The van der Waals surface area contributed by atoms with Gasteiger partial charge in [-0.05, 0) is 54.1 Å². The number of nitrogens with two attached hydrogens (primary N) is 1. The van der Waals surface area contributed by atoms with E-state index in [0.717, 1.165) is 25.9 Å². The lowest BCUT2D eigenvalue weighted by atomic mass is 9.85. The van der Waals surface area contributed by atoms with Crippen LogP contribution in [0.1, 0.15) is 41.1 Å². The summed E-state index contributed by atoms with van der Waals surface area (Å²) < 4.78 is 0. The van der Waals surface area contributed by atoms with Crippen LogP contribution in [0, 0.1) is 0 Å². The van der Waals surface area contributed by atoms with E-state index in [2.05, 4.69) is 65.5 Å². The van der Waals surface area contributed by atoms with Crippen LogP contribution in [0.4, 0.5) is 0 Å². The van der Waals surface area contributed by atoms with Crippen molar-refractivity contribution in [3.63, 3.8) is 0 Å². The van der Waals surface area contributed by atoms with Gasteiger partial charge in [-0.15, -0.1) is 0 Å². The molecule has 2 heterocycles. The Morgan fingerprint density at radius 3 is 2.75 bits per heavy atom. The number of benzene rings is 2. The molecule has 1 atom stereocenters. The van der Waals surface area contributed by atoms with E-state index in [1.54, 1.807) is 0 Å². The molecule has 1 fully saturated rings. The summed E-state index contributed by atoms with van der Waals surface area (Å²) in [5.74, 6) is 0.396. The van der Waals surface area contributed by atoms with Crippen molar-refractivity contribution >= 4 is 10.9 Å². The predicted octanol–water partition coefficient (Wildman–Crippen LogP) is 3.69. The Labute approximate surface area is 142 Å². The van der Waals surface area contributed by atoms with Crippen molar-refractivity contribution in [2.45, 2.75) is 30.8 Å². The molecule has 122 valence electrons. The fourth-order valence-corrected chi connectivity index (χ4v) is 4.13. The van der Waals surface area contributed by atoms with Gasteiger partial charge in [0, 0.05) is 35.8 Å². The number of para-hydroxylation sites is 1. The smallest absolute Gasteiger partial charge is 0.0456 e. The Kier molecular flexibility index (Phi) is 2.94. The second kappa shape index (κ2) is 4.95. The van der Waals surface area contributed by atoms with Gasteiger partial charge < -0.3 is 15.6 Å². The van der Waals surface area contributed by atoms with Gasteiger partial charge in [0.25, 0.3) is 0 Å². The van der Waals surface area contributed by atoms with E-state index in [1.165, 1.54) is 33.3 Å². The Hall–Kier alpha value is -2.10.